The van der Waals surface area contributed by atoms with E-state index < -0.39 is 0 Å². The van der Waals surface area contributed by atoms with E-state index in [1.807, 2.05) is 170 Å². The van der Waals surface area contributed by atoms with Crippen molar-refractivity contribution in [1.82, 2.24) is 49.0 Å². The zero-order valence-corrected chi connectivity index (χ0v) is 50.4. The average Bonchev–Trinajstić information content (AvgIpc) is 1.56. The quantitative estimate of drug-likeness (QED) is 0.117. The Hall–Kier alpha value is -13.2. The van der Waals surface area contributed by atoms with E-state index in [1.165, 1.54) is 0 Å². The molecule has 0 saturated heterocycles. The summed E-state index contributed by atoms with van der Waals surface area (Å²) in [5.41, 5.74) is 17.4. The lowest BCUT2D eigenvalue weighted by atomic mass is 9.96. The van der Waals surface area contributed by atoms with Gasteiger partial charge in [-0.15, -0.1) is 0 Å². The normalized spacial score (nSPS) is 11.4. The summed E-state index contributed by atoms with van der Waals surface area (Å²) in [5, 5.41) is 15.0. The van der Waals surface area contributed by atoms with Crippen LogP contribution < -0.4 is 0 Å². The number of benzene rings is 12. The van der Waals surface area contributed by atoms with Crippen molar-refractivity contribution in [2.75, 3.05) is 0 Å². The number of hydrogen-bond donors (Lipinski definition) is 0. The van der Waals surface area contributed by atoms with E-state index in [4.69, 9.17) is 39.9 Å². The van der Waals surface area contributed by atoms with Crippen LogP contribution in [0.1, 0.15) is 5.56 Å². The van der Waals surface area contributed by atoms with Crippen molar-refractivity contribution in [3.8, 4) is 131 Å². The maximum Gasteiger partial charge on any atom is 0.164 e. The third-order valence-corrected chi connectivity index (χ3v) is 17.3. The Balaban J connectivity index is 0.897. The van der Waals surface area contributed by atoms with Gasteiger partial charge >= 0.3 is 0 Å². The highest BCUT2D eigenvalue weighted by Crippen LogP contribution is 2.44. The van der Waals surface area contributed by atoms with E-state index in [-0.39, 0.29) is 0 Å². The fraction of sp³-hybridized carbons (Fsp3) is 0. The second kappa shape index (κ2) is 23.3. The van der Waals surface area contributed by atoms with Crippen LogP contribution >= 0.6 is 0 Å². The lowest BCUT2D eigenvalue weighted by Gasteiger charge is -2.20. The van der Waals surface area contributed by atoms with Gasteiger partial charge in [-0.3, -0.25) is 0 Å². The molecule has 0 aliphatic rings. The minimum absolute atomic E-state index is 0.510. The Bertz CT molecular complexity index is 5620. The molecule has 12 aromatic carbocycles. The van der Waals surface area contributed by atoms with Gasteiger partial charge in [-0.1, -0.05) is 231 Å². The molecule has 0 bridgehead atoms. The zero-order valence-electron chi connectivity index (χ0n) is 50.4. The first-order valence-electron chi connectivity index (χ1n) is 31.0. The molecule has 5 heterocycles. The molecule has 0 amide bonds. The number of nitriles is 1. The van der Waals surface area contributed by atoms with Crippen molar-refractivity contribution in [2.45, 2.75) is 0 Å². The van der Waals surface area contributed by atoms with Gasteiger partial charge in [-0.05, 0) is 78.9 Å². The van der Waals surface area contributed by atoms with Crippen LogP contribution in [0.4, 0.5) is 0 Å². The lowest BCUT2D eigenvalue weighted by molar-refractivity contribution is 1.07. The molecule has 0 N–H and O–H groups in total. The molecule has 0 atom stereocenters. The zero-order chi connectivity index (χ0) is 62.5. The minimum Gasteiger partial charge on any atom is -0.309 e. The summed E-state index contributed by atoms with van der Waals surface area (Å²) in [6, 6.07) is 108. The van der Waals surface area contributed by atoms with Gasteiger partial charge in [-0.2, -0.15) is 5.26 Å². The molecule has 17 aromatic rings. The smallest absolute Gasteiger partial charge is 0.164 e. The molecule has 438 valence electrons. The maximum atomic E-state index is 10.9. The van der Waals surface area contributed by atoms with Crippen LogP contribution in [0.5, 0.6) is 0 Å². The van der Waals surface area contributed by atoms with Crippen LogP contribution in [0.3, 0.4) is 0 Å². The first kappa shape index (κ1) is 54.9. The molecule has 11 heteroatoms. The SMILES string of the molecule is N#Cc1ccc(-n2c3ccccc3c3cc(-c4nc(-c5ccccc5)nc(-c5ccccc5)n4)ccc32)c(-c2ccc(-c3nc(-c4ccccc4)cc(-c4ccccc4)n3)cc2-n2c3ccccc3c3cc(-c4nc(-c5ccccc5)nc(-c5ccccc5)n4)ccc32)c1. The number of fused-ring (bicyclic) bond motifs is 6. The van der Waals surface area contributed by atoms with Gasteiger partial charge < -0.3 is 9.13 Å². The minimum atomic E-state index is 0.510. The maximum absolute atomic E-state index is 10.9. The summed E-state index contributed by atoms with van der Waals surface area (Å²) in [6.07, 6.45) is 0. The molecule has 0 spiro atoms. The van der Waals surface area contributed by atoms with E-state index in [2.05, 4.69) is 155 Å². The highest BCUT2D eigenvalue weighted by molar-refractivity contribution is 6.13. The summed E-state index contributed by atoms with van der Waals surface area (Å²) in [6.45, 7) is 0. The first-order chi connectivity index (χ1) is 46.5. The van der Waals surface area contributed by atoms with Crippen LogP contribution in [-0.4, -0.2) is 49.0 Å². The third-order valence-electron chi connectivity index (χ3n) is 17.3. The number of nitrogens with zero attached hydrogens (tertiary/aromatic N) is 11. The summed E-state index contributed by atoms with van der Waals surface area (Å²) < 4.78 is 4.66. The predicted molar refractivity (Wildman–Crippen MR) is 377 cm³/mol. The number of aromatic nitrogens is 10. The molecule has 17 rings (SSSR count). The average molecular weight is 1200 g/mol. The Morgan fingerprint density at radius 1 is 0.223 bits per heavy atom. The van der Waals surface area contributed by atoms with E-state index in [1.54, 1.807) is 0 Å². The van der Waals surface area contributed by atoms with E-state index in [0.717, 1.165) is 128 Å². The van der Waals surface area contributed by atoms with Gasteiger partial charge in [0.05, 0.1) is 56.5 Å². The third kappa shape index (κ3) is 9.97. The van der Waals surface area contributed by atoms with Gasteiger partial charge in [0.25, 0.3) is 0 Å². The summed E-state index contributed by atoms with van der Waals surface area (Å²) in [7, 11) is 0. The van der Waals surface area contributed by atoms with Crippen molar-refractivity contribution in [3.05, 3.63) is 315 Å². The molecule has 0 aliphatic heterocycles. The van der Waals surface area contributed by atoms with Crippen LogP contribution in [0.25, 0.3) is 168 Å². The van der Waals surface area contributed by atoms with Crippen molar-refractivity contribution in [3.63, 3.8) is 0 Å². The highest BCUT2D eigenvalue weighted by Gasteiger charge is 2.25. The van der Waals surface area contributed by atoms with Crippen molar-refractivity contribution < 1.29 is 0 Å². The van der Waals surface area contributed by atoms with Crippen LogP contribution in [0, 0.1) is 11.3 Å². The monoisotopic (exact) mass is 1200 g/mol. The van der Waals surface area contributed by atoms with Gasteiger partial charge in [0.2, 0.25) is 0 Å². The molecule has 0 saturated carbocycles. The largest absolute Gasteiger partial charge is 0.309 e. The second-order valence-electron chi connectivity index (χ2n) is 23.0. The number of para-hydroxylation sites is 2. The molecule has 5 aromatic heterocycles. The van der Waals surface area contributed by atoms with Crippen LogP contribution in [0.15, 0.2) is 309 Å². The van der Waals surface area contributed by atoms with Crippen LogP contribution in [0.2, 0.25) is 0 Å². The van der Waals surface area contributed by atoms with Crippen molar-refractivity contribution in [2.24, 2.45) is 0 Å². The van der Waals surface area contributed by atoms with Gasteiger partial charge in [0.15, 0.2) is 40.8 Å². The van der Waals surface area contributed by atoms with Crippen LogP contribution in [-0.2, 0) is 0 Å². The van der Waals surface area contributed by atoms with Crippen molar-refractivity contribution in [1.29, 1.82) is 5.26 Å². The lowest BCUT2D eigenvalue weighted by Crippen LogP contribution is -2.03. The molecular weight excluding hydrogens is 1150 g/mol. The summed E-state index contributed by atoms with van der Waals surface area (Å²) in [4.78, 5) is 41.4. The topological polar surface area (TPSA) is 137 Å². The fourth-order valence-corrected chi connectivity index (χ4v) is 12.8. The summed E-state index contributed by atoms with van der Waals surface area (Å²) >= 11 is 0. The highest BCUT2D eigenvalue weighted by atomic mass is 15.1. The van der Waals surface area contributed by atoms with Gasteiger partial charge in [0.1, 0.15) is 0 Å². The Labute approximate surface area is 540 Å². The molecule has 11 nitrogen and oxygen atoms in total. The summed E-state index contributed by atoms with van der Waals surface area (Å²) in [5.74, 6) is 4.01. The molecule has 94 heavy (non-hydrogen) atoms. The Morgan fingerprint density at radius 3 is 0.968 bits per heavy atom. The Kier molecular flexibility index (Phi) is 13.6. The molecule has 0 radical (unpaired) electrons. The van der Waals surface area contributed by atoms with E-state index >= 15 is 0 Å². The Morgan fingerprint density at radius 2 is 0.553 bits per heavy atom. The molecule has 0 fully saturated rings. The van der Waals surface area contributed by atoms with Crippen molar-refractivity contribution >= 4 is 43.6 Å². The predicted octanol–water partition coefficient (Wildman–Crippen LogP) is 19.6. The molecule has 0 aliphatic carbocycles. The number of hydrogen-bond acceptors (Lipinski definition) is 9. The van der Waals surface area contributed by atoms with Gasteiger partial charge in [-0.25, -0.2) is 39.9 Å². The second-order valence-corrected chi connectivity index (χ2v) is 23.0. The first-order valence-corrected chi connectivity index (χ1v) is 31.0. The number of rotatable bonds is 12. The van der Waals surface area contributed by atoms with E-state index in [0.29, 0.717) is 46.3 Å². The standard InChI is InChI=1S/C83H51N11/c84-52-53-39-44-73(93-71-37-21-19-35-63(71)67-48-60(41-45-74(67)93)82-89-77(56-27-11-3-12-28-56)87-78(90-82)57-29-13-4-14-30-57)66(47-53)65-43-40-62(81-85-69(54-23-7-1-8-24-54)51-70(86-81)55-25-9-2-10-26-55)50-76(65)94-72-38-22-20-36-64(72)68-49-61(42-46-75(68)94)83-91-79(58-31-15-5-16-32-58)88-80(92-83)59-33-17-6-18-34-59/h1-51H. The fourth-order valence-electron chi connectivity index (χ4n) is 12.8. The van der Waals surface area contributed by atoms with Gasteiger partial charge in [0, 0.05) is 82.7 Å². The molecular formula is C83H51N11. The van der Waals surface area contributed by atoms with E-state index in [9.17, 15) is 5.26 Å². The molecule has 0 unspecified atom stereocenters.